The predicted molar refractivity (Wildman–Crippen MR) is 439 cm³/mol. The first kappa shape index (κ1) is 60.7. The third-order valence-corrected chi connectivity index (χ3v) is 26.1. The molecule has 15 aromatic carbocycles. The van der Waals surface area contributed by atoms with Crippen LogP contribution in [0.4, 0.5) is 0 Å². The van der Waals surface area contributed by atoms with Crippen molar-refractivity contribution in [3.8, 4) is 122 Å². The number of fused-ring (bicyclic) bond motifs is 23. The van der Waals surface area contributed by atoms with Gasteiger partial charge in [0, 0.05) is 59.7 Å². The van der Waals surface area contributed by atoms with Crippen LogP contribution in [0.1, 0.15) is 125 Å². The van der Waals surface area contributed by atoms with Gasteiger partial charge in [0.15, 0.2) is 0 Å². The summed E-state index contributed by atoms with van der Waals surface area (Å²) in [6.07, 6.45) is 0. The summed E-state index contributed by atoms with van der Waals surface area (Å²) in [6, 6.07) is 106. The quantitative estimate of drug-likeness (QED) is 0.166. The Bertz CT molecular complexity index is 6760. The van der Waals surface area contributed by atoms with Crippen molar-refractivity contribution in [2.24, 2.45) is 0 Å². The molecular weight excluding hydrogens is 1270 g/mol. The minimum Gasteiger partial charge on any atom is -0.455 e. The molecule has 17 aromatic rings. The molecule has 0 atom stereocenters. The Morgan fingerprint density at radius 2 is 0.448 bits per heavy atom. The minimum absolute atomic E-state index is 0.183. The summed E-state index contributed by atoms with van der Waals surface area (Å²) >= 11 is 0. The summed E-state index contributed by atoms with van der Waals surface area (Å²) in [4.78, 5) is 0. The van der Waals surface area contributed by atoms with Crippen LogP contribution in [0.15, 0.2) is 288 Å². The smallest absolute Gasteiger partial charge is 0.143 e. The maximum atomic E-state index is 6.53. The second-order valence-corrected chi connectivity index (χ2v) is 33.4. The van der Waals surface area contributed by atoms with Crippen molar-refractivity contribution in [3.63, 3.8) is 0 Å². The normalized spacial score (nSPS) is 15.7. The summed E-state index contributed by atoms with van der Waals surface area (Å²) in [5, 5.41) is 7.23. The summed E-state index contributed by atoms with van der Waals surface area (Å²) in [5.41, 5.74) is 44.6. The van der Waals surface area contributed by atoms with Crippen molar-refractivity contribution >= 4 is 54.6 Å². The lowest BCUT2D eigenvalue weighted by Gasteiger charge is -2.25. The number of para-hydroxylation sites is 4. The summed E-state index contributed by atoms with van der Waals surface area (Å²) in [6.45, 7) is 24.3. The highest BCUT2D eigenvalue weighted by atomic mass is 16.3. The van der Waals surface area contributed by atoms with Crippen molar-refractivity contribution in [2.75, 3.05) is 0 Å². The minimum atomic E-state index is -0.243. The first-order chi connectivity index (χ1) is 50.8. The molecule has 2 aromatic heterocycles. The van der Waals surface area contributed by atoms with E-state index in [1.165, 1.54) is 178 Å². The van der Waals surface area contributed by atoms with Crippen LogP contribution in [0.25, 0.3) is 177 Å². The highest BCUT2D eigenvalue weighted by Gasteiger charge is 2.46. The van der Waals surface area contributed by atoms with Gasteiger partial charge in [0.1, 0.15) is 22.3 Å². The van der Waals surface area contributed by atoms with E-state index < -0.39 is 0 Å². The fraction of sp³-hybridized carbons (Fsp3) is 0.146. The Labute approximate surface area is 613 Å². The van der Waals surface area contributed by atoms with E-state index in [0.717, 1.165) is 55.0 Å². The number of furan rings is 2. The Morgan fingerprint density at radius 3 is 0.867 bits per heavy atom. The summed E-state index contributed by atoms with van der Waals surface area (Å²) in [7, 11) is 0. The van der Waals surface area contributed by atoms with Crippen molar-refractivity contribution < 1.29 is 8.83 Å². The molecule has 2 heterocycles. The lowest BCUT2D eigenvalue weighted by atomic mass is 9.78. The van der Waals surface area contributed by atoms with Gasteiger partial charge >= 0.3 is 0 Å². The molecule has 105 heavy (non-hydrogen) atoms. The van der Waals surface area contributed by atoms with Crippen molar-refractivity contribution in [1.29, 1.82) is 0 Å². The van der Waals surface area contributed by atoms with Crippen LogP contribution in [0.5, 0.6) is 0 Å². The molecule has 0 fully saturated rings. The van der Waals surface area contributed by atoms with Gasteiger partial charge in [-0.25, -0.2) is 0 Å². The monoisotopic (exact) mass is 1340 g/mol. The second-order valence-electron chi connectivity index (χ2n) is 33.4. The zero-order valence-electron chi connectivity index (χ0n) is 60.9. The SMILES string of the molecule is CC1(C)c2cc(-c3ccc(-c4ccc5c(c4)C(C)(C)c4cc6c(cc4-5)C(C)(C)c4cc5c(cc4-6)C(C)(C)c4cc(-c6ccc(-c7ccc8c(c7)C(C)(C)c7cc(-c9cccc%10c9oc9ccccc9%10)ccc7-8)cc6)c6ccccc6c4-5)cc3)ccc2-c2ccc(-c3cccc4c3oc3ccccc34)cc21. The first-order valence-electron chi connectivity index (χ1n) is 37.5. The molecule has 0 N–H and O–H groups in total. The zero-order valence-corrected chi connectivity index (χ0v) is 60.9. The van der Waals surface area contributed by atoms with E-state index in [1.54, 1.807) is 0 Å². The predicted octanol–water partition coefficient (Wildman–Crippen LogP) is 28.2. The Morgan fingerprint density at radius 1 is 0.171 bits per heavy atom. The van der Waals surface area contributed by atoms with E-state index in [-0.39, 0.29) is 27.1 Å². The Hall–Kier alpha value is -11.8. The largest absolute Gasteiger partial charge is 0.455 e. The van der Waals surface area contributed by atoms with Gasteiger partial charge in [0.05, 0.1) is 0 Å². The van der Waals surface area contributed by atoms with E-state index in [1.807, 2.05) is 12.1 Å². The average molecular weight is 1350 g/mol. The third kappa shape index (κ3) is 8.21. The van der Waals surface area contributed by atoms with Crippen LogP contribution in [0.2, 0.25) is 0 Å². The molecule has 2 nitrogen and oxygen atoms in total. The molecule has 0 saturated heterocycles. The first-order valence-corrected chi connectivity index (χ1v) is 37.5. The van der Waals surface area contributed by atoms with E-state index in [2.05, 4.69) is 336 Å². The summed E-state index contributed by atoms with van der Waals surface area (Å²) < 4.78 is 13.0. The molecule has 0 saturated carbocycles. The molecule has 0 radical (unpaired) electrons. The Balaban J connectivity index is 0.541. The topological polar surface area (TPSA) is 26.3 Å². The van der Waals surface area contributed by atoms with Gasteiger partial charge in [-0.15, -0.1) is 0 Å². The van der Waals surface area contributed by atoms with Crippen molar-refractivity contribution in [2.45, 2.75) is 96.3 Å². The molecule has 2 heteroatoms. The van der Waals surface area contributed by atoms with Gasteiger partial charge in [0.2, 0.25) is 0 Å². The molecule has 0 unspecified atom stereocenters. The third-order valence-electron chi connectivity index (χ3n) is 26.1. The van der Waals surface area contributed by atoms with Crippen LogP contribution < -0.4 is 0 Å². The average Bonchev–Trinajstić information content (AvgIpc) is 1.53. The molecule has 0 amide bonds. The molecule has 0 aliphatic heterocycles. The fourth-order valence-electron chi connectivity index (χ4n) is 20.3. The van der Waals surface area contributed by atoms with E-state index in [4.69, 9.17) is 8.83 Å². The maximum Gasteiger partial charge on any atom is 0.143 e. The number of hydrogen-bond acceptors (Lipinski definition) is 2. The van der Waals surface area contributed by atoms with Crippen molar-refractivity contribution in [3.05, 3.63) is 335 Å². The van der Waals surface area contributed by atoms with Crippen LogP contribution in [0, 0.1) is 0 Å². The van der Waals surface area contributed by atoms with Crippen molar-refractivity contribution in [1.82, 2.24) is 0 Å². The van der Waals surface area contributed by atoms with E-state index in [0.29, 0.717) is 0 Å². The van der Waals surface area contributed by atoms with Gasteiger partial charge < -0.3 is 8.83 Å². The zero-order chi connectivity index (χ0) is 70.7. The van der Waals surface area contributed by atoms with Crippen LogP contribution in [-0.4, -0.2) is 0 Å². The highest BCUT2D eigenvalue weighted by Crippen LogP contribution is 2.62. The van der Waals surface area contributed by atoms with Crippen LogP contribution in [0.3, 0.4) is 0 Å². The van der Waals surface area contributed by atoms with Gasteiger partial charge in [-0.1, -0.05) is 275 Å². The lowest BCUT2D eigenvalue weighted by Crippen LogP contribution is -2.17. The maximum absolute atomic E-state index is 6.53. The molecule has 500 valence electrons. The molecule has 0 bridgehead atoms. The molecule has 22 rings (SSSR count). The molecular formula is C103H76O2. The fourth-order valence-corrected chi connectivity index (χ4v) is 20.3. The standard InChI is InChI=1S/C103H76O2/c1-99(2)84-47-61(37-42-69(84)71-45-40-64(50-87(71)99)66-23-17-25-77-74-20-13-15-27-94(74)104-97(66)77)57-29-31-58(32-30-57)63-39-44-73-80-53-90-81(54-89(80)101(5,6)86(73)49-63)82-55-92-83(56-91(82)102(90,7)8)96-76-22-12-11-19-68(76)79(52-93(96)103(92,9)10)60-35-33-59(34-36-60)62-38-43-70-72-46-41-65(51-88(72)100(3,4)85(70)48-62)67-24-18-26-78-75-21-14-16-28-95(75)105-98(67)78/h11-56H,1-10H3. The van der Waals surface area contributed by atoms with Crippen LogP contribution >= 0.6 is 0 Å². The summed E-state index contributed by atoms with van der Waals surface area (Å²) in [5.74, 6) is 0. The number of rotatable bonds is 6. The van der Waals surface area contributed by atoms with Crippen LogP contribution in [-0.2, 0) is 27.1 Å². The highest BCUT2D eigenvalue weighted by molar-refractivity contribution is 6.13. The van der Waals surface area contributed by atoms with E-state index in [9.17, 15) is 0 Å². The Kier molecular flexibility index (Phi) is 12.0. The number of benzene rings is 15. The second kappa shape index (κ2) is 20.7. The molecule has 5 aliphatic rings. The van der Waals surface area contributed by atoms with Gasteiger partial charge in [-0.05, 0) is 250 Å². The molecule has 0 spiro atoms. The lowest BCUT2D eigenvalue weighted by molar-refractivity contribution is 0.649. The molecule has 5 aliphatic carbocycles. The van der Waals surface area contributed by atoms with Gasteiger partial charge in [-0.2, -0.15) is 0 Å². The van der Waals surface area contributed by atoms with E-state index >= 15 is 0 Å². The number of hydrogen-bond donors (Lipinski definition) is 0. The van der Waals surface area contributed by atoms with Gasteiger partial charge in [-0.3, -0.25) is 0 Å². The van der Waals surface area contributed by atoms with Gasteiger partial charge in [0.25, 0.3) is 0 Å².